The minimum Gasteiger partial charge on any atom is -0.321 e. The maximum Gasteiger partial charge on any atom is 0.144 e. The summed E-state index contributed by atoms with van der Waals surface area (Å²) in [5.74, 6) is 1.50. The van der Waals surface area contributed by atoms with E-state index >= 15 is 0 Å². The highest BCUT2D eigenvalue weighted by atomic mass is 14.9. The first kappa shape index (κ1) is 10.5. The highest BCUT2D eigenvalue weighted by Crippen LogP contribution is 2.22. The van der Waals surface area contributed by atoms with Gasteiger partial charge in [-0.25, -0.2) is 9.97 Å². The normalized spacial score (nSPS) is 20.1. The predicted molar refractivity (Wildman–Crippen MR) is 59.2 cm³/mol. The first-order valence-electron chi connectivity index (χ1n) is 5.59. The van der Waals surface area contributed by atoms with Crippen LogP contribution in [-0.4, -0.2) is 23.1 Å². The van der Waals surface area contributed by atoms with Crippen molar-refractivity contribution < 1.29 is 0 Å². The number of aromatic nitrogens is 2. The van der Waals surface area contributed by atoms with Crippen molar-refractivity contribution in [3.8, 4) is 0 Å². The van der Waals surface area contributed by atoms with E-state index in [-0.39, 0.29) is 6.04 Å². The summed E-state index contributed by atoms with van der Waals surface area (Å²) in [5.41, 5.74) is 6.08. The molecule has 0 amide bonds. The molecule has 1 aromatic rings. The molecule has 0 bridgehead atoms. The van der Waals surface area contributed by atoms with E-state index in [0.29, 0.717) is 0 Å². The third-order valence-corrected chi connectivity index (χ3v) is 2.96. The Hall–Kier alpha value is -1.00. The standard InChI is InChI=1S/C11H18N4/c12-10(11-14-4-1-5-15-11)8-9-2-6-13-7-3-9/h1,4-5,9-10,13H,2-3,6-8,12H2. The van der Waals surface area contributed by atoms with E-state index in [1.54, 1.807) is 12.4 Å². The summed E-state index contributed by atoms with van der Waals surface area (Å²) < 4.78 is 0. The molecule has 1 fully saturated rings. The molecule has 0 saturated carbocycles. The van der Waals surface area contributed by atoms with E-state index in [4.69, 9.17) is 5.73 Å². The largest absolute Gasteiger partial charge is 0.321 e. The summed E-state index contributed by atoms with van der Waals surface area (Å²) in [7, 11) is 0. The van der Waals surface area contributed by atoms with Crippen LogP contribution in [-0.2, 0) is 0 Å². The highest BCUT2D eigenvalue weighted by Gasteiger charge is 2.18. The third-order valence-electron chi connectivity index (χ3n) is 2.96. The maximum atomic E-state index is 6.08. The fraction of sp³-hybridized carbons (Fsp3) is 0.636. The lowest BCUT2D eigenvalue weighted by Crippen LogP contribution is -2.30. The maximum absolute atomic E-state index is 6.08. The van der Waals surface area contributed by atoms with Gasteiger partial charge in [-0.2, -0.15) is 0 Å². The summed E-state index contributed by atoms with van der Waals surface area (Å²) in [6, 6.07) is 1.81. The summed E-state index contributed by atoms with van der Waals surface area (Å²) in [6.45, 7) is 2.24. The van der Waals surface area contributed by atoms with Gasteiger partial charge >= 0.3 is 0 Å². The smallest absolute Gasteiger partial charge is 0.144 e. The summed E-state index contributed by atoms with van der Waals surface area (Å²) in [5, 5.41) is 3.36. The van der Waals surface area contributed by atoms with Gasteiger partial charge in [0.2, 0.25) is 0 Å². The Labute approximate surface area is 90.3 Å². The monoisotopic (exact) mass is 206 g/mol. The Bertz CT molecular complexity index is 282. The molecule has 3 N–H and O–H groups in total. The van der Waals surface area contributed by atoms with Gasteiger partial charge in [-0.15, -0.1) is 0 Å². The van der Waals surface area contributed by atoms with Gasteiger partial charge in [0.15, 0.2) is 0 Å². The van der Waals surface area contributed by atoms with Gasteiger partial charge in [-0.3, -0.25) is 0 Å². The van der Waals surface area contributed by atoms with E-state index < -0.39 is 0 Å². The minimum absolute atomic E-state index is 0.00528. The number of hydrogen-bond donors (Lipinski definition) is 2. The Morgan fingerprint density at radius 2 is 2.00 bits per heavy atom. The van der Waals surface area contributed by atoms with Gasteiger partial charge in [-0.1, -0.05) is 0 Å². The number of nitrogens with two attached hydrogens (primary N) is 1. The first-order chi connectivity index (χ1) is 7.36. The third kappa shape index (κ3) is 2.97. The molecule has 2 rings (SSSR count). The number of nitrogens with one attached hydrogen (secondary N) is 1. The average Bonchev–Trinajstić information content (AvgIpc) is 2.31. The van der Waals surface area contributed by atoms with Crippen molar-refractivity contribution in [2.75, 3.05) is 13.1 Å². The molecule has 15 heavy (non-hydrogen) atoms. The lowest BCUT2D eigenvalue weighted by atomic mass is 9.91. The Morgan fingerprint density at radius 3 is 2.67 bits per heavy atom. The topological polar surface area (TPSA) is 63.8 Å². The first-order valence-corrected chi connectivity index (χ1v) is 5.59. The Balaban J connectivity index is 1.88. The summed E-state index contributed by atoms with van der Waals surface area (Å²) in [4.78, 5) is 8.38. The number of piperidine rings is 1. The van der Waals surface area contributed by atoms with Crippen LogP contribution in [0.2, 0.25) is 0 Å². The van der Waals surface area contributed by atoms with Crippen molar-refractivity contribution in [3.63, 3.8) is 0 Å². The molecule has 82 valence electrons. The zero-order valence-electron chi connectivity index (χ0n) is 8.89. The van der Waals surface area contributed by atoms with Crippen LogP contribution in [0.25, 0.3) is 0 Å². The molecule has 0 aromatic carbocycles. The van der Waals surface area contributed by atoms with E-state index in [0.717, 1.165) is 31.3 Å². The molecule has 4 nitrogen and oxygen atoms in total. The fourth-order valence-electron chi connectivity index (χ4n) is 2.08. The Kier molecular flexibility index (Phi) is 3.64. The molecule has 0 spiro atoms. The molecule has 1 aliphatic rings. The average molecular weight is 206 g/mol. The lowest BCUT2D eigenvalue weighted by Gasteiger charge is -2.24. The quantitative estimate of drug-likeness (QED) is 0.770. The van der Waals surface area contributed by atoms with Crippen molar-refractivity contribution in [2.45, 2.75) is 25.3 Å². The molecule has 1 atom stereocenters. The van der Waals surface area contributed by atoms with Gasteiger partial charge in [-0.05, 0) is 44.3 Å². The van der Waals surface area contributed by atoms with Crippen LogP contribution in [0, 0.1) is 5.92 Å². The SMILES string of the molecule is NC(CC1CCNCC1)c1ncccn1. The van der Waals surface area contributed by atoms with Crippen molar-refractivity contribution in [3.05, 3.63) is 24.3 Å². The van der Waals surface area contributed by atoms with Gasteiger partial charge in [0.05, 0.1) is 6.04 Å². The molecule has 0 aliphatic carbocycles. The molecule has 1 saturated heterocycles. The number of nitrogens with zero attached hydrogens (tertiary/aromatic N) is 2. The minimum atomic E-state index is -0.00528. The van der Waals surface area contributed by atoms with E-state index in [2.05, 4.69) is 15.3 Å². The molecule has 4 heteroatoms. The van der Waals surface area contributed by atoms with Crippen molar-refractivity contribution in [2.24, 2.45) is 11.7 Å². The van der Waals surface area contributed by atoms with Crippen molar-refractivity contribution >= 4 is 0 Å². The molecule has 0 radical (unpaired) electrons. The second-order valence-electron chi connectivity index (χ2n) is 4.14. The van der Waals surface area contributed by atoms with E-state index in [1.807, 2.05) is 6.07 Å². The number of hydrogen-bond acceptors (Lipinski definition) is 4. The molecular weight excluding hydrogens is 188 g/mol. The van der Waals surface area contributed by atoms with Crippen LogP contribution >= 0.6 is 0 Å². The van der Waals surface area contributed by atoms with Crippen LogP contribution in [0.1, 0.15) is 31.1 Å². The predicted octanol–water partition coefficient (Wildman–Crippen LogP) is 0.866. The summed E-state index contributed by atoms with van der Waals surface area (Å²) >= 11 is 0. The Morgan fingerprint density at radius 1 is 1.33 bits per heavy atom. The summed E-state index contributed by atoms with van der Waals surface area (Å²) in [6.07, 6.45) is 6.96. The van der Waals surface area contributed by atoms with E-state index in [1.165, 1.54) is 12.8 Å². The van der Waals surface area contributed by atoms with Gasteiger partial charge in [0.25, 0.3) is 0 Å². The van der Waals surface area contributed by atoms with Crippen molar-refractivity contribution in [1.29, 1.82) is 0 Å². The molecule has 1 unspecified atom stereocenters. The van der Waals surface area contributed by atoms with Gasteiger partial charge in [0.1, 0.15) is 5.82 Å². The highest BCUT2D eigenvalue weighted by molar-refractivity contribution is 4.95. The zero-order valence-corrected chi connectivity index (χ0v) is 8.89. The number of rotatable bonds is 3. The lowest BCUT2D eigenvalue weighted by molar-refractivity contribution is 0.329. The van der Waals surface area contributed by atoms with Crippen LogP contribution in [0.15, 0.2) is 18.5 Å². The van der Waals surface area contributed by atoms with Crippen LogP contribution in [0.4, 0.5) is 0 Å². The second kappa shape index (κ2) is 5.19. The molecule has 1 aromatic heterocycles. The van der Waals surface area contributed by atoms with Crippen LogP contribution in [0.3, 0.4) is 0 Å². The van der Waals surface area contributed by atoms with Crippen LogP contribution < -0.4 is 11.1 Å². The molecule has 1 aliphatic heterocycles. The van der Waals surface area contributed by atoms with Crippen LogP contribution in [0.5, 0.6) is 0 Å². The molecular formula is C11H18N4. The molecule has 2 heterocycles. The zero-order chi connectivity index (χ0) is 10.5. The van der Waals surface area contributed by atoms with E-state index in [9.17, 15) is 0 Å². The second-order valence-corrected chi connectivity index (χ2v) is 4.14. The fourth-order valence-corrected chi connectivity index (χ4v) is 2.08. The van der Waals surface area contributed by atoms with Gasteiger partial charge < -0.3 is 11.1 Å². The van der Waals surface area contributed by atoms with Crippen molar-refractivity contribution in [1.82, 2.24) is 15.3 Å². The van der Waals surface area contributed by atoms with Gasteiger partial charge in [0, 0.05) is 12.4 Å².